The number of fused-ring (bicyclic) bond motifs is 2. The van der Waals surface area contributed by atoms with Crippen LogP contribution in [0.3, 0.4) is 0 Å². The Morgan fingerprint density at radius 3 is 1.92 bits per heavy atom. The summed E-state index contributed by atoms with van der Waals surface area (Å²) in [5.41, 5.74) is 0. The Bertz CT molecular complexity index is 166. The first-order valence-electron chi connectivity index (χ1n) is 4.38. The molecule has 0 spiro atoms. The maximum absolute atomic E-state index is 12.3. The van der Waals surface area contributed by atoms with Crippen molar-refractivity contribution in [3.8, 4) is 0 Å². The van der Waals surface area contributed by atoms with Gasteiger partial charge in [-0.3, -0.25) is 0 Å². The van der Waals surface area contributed by atoms with Crippen LogP contribution in [0.2, 0.25) is 0 Å². The Kier molecular flexibility index (Phi) is 1.82. The van der Waals surface area contributed by atoms with Crippen molar-refractivity contribution in [1.29, 1.82) is 0 Å². The van der Waals surface area contributed by atoms with Gasteiger partial charge < -0.3 is 5.32 Å². The van der Waals surface area contributed by atoms with E-state index >= 15 is 0 Å². The van der Waals surface area contributed by atoms with E-state index in [0.29, 0.717) is 12.8 Å². The highest BCUT2D eigenvalue weighted by Crippen LogP contribution is 2.40. The molecule has 0 aromatic heterocycles. The first kappa shape index (κ1) is 8.35. The molecule has 0 saturated carbocycles. The third-order valence-corrected chi connectivity index (χ3v) is 2.94. The second-order valence-electron chi connectivity index (χ2n) is 3.85. The maximum Gasteiger partial charge on any atom is 0.391 e. The van der Waals surface area contributed by atoms with Crippen molar-refractivity contribution in [3.63, 3.8) is 0 Å². The molecular formula is C8H12F3N. The van der Waals surface area contributed by atoms with Crippen LogP contribution >= 0.6 is 0 Å². The lowest BCUT2D eigenvalue weighted by atomic mass is 9.92. The van der Waals surface area contributed by atoms with E-state index < -0.39 is 12.1 Å². The summed E-state index contributed by atoms with van der Waals surface area (Å²) in [5, 5.41) is 3.19. The molecule has 0 amide bonds. The van der Waals surface area contributed by atoms with Crippen molar-refractivity contribution < 1.29 is 13.2 Å². The standard InChI is InChI=1S/C8H12F3N/c9-8(10,11)5-3-6-1-2-7(4-5)12-6/h5-7,12H,1-4H2. The zero-order valence-corrected chi connectivity index (χ0v) is 6.69. The Morgan fingerprint density at radius 2 is 1.50 bits per heavy atom. The monoisotopic (exact) mass is 179 g/mol. The van der Waals surface area contributed by atoms with Crippen molar-refractivity contribution in [2.45, 2.75) is 43.9 Å². The molecule has 2 unspecified atom stereocenters. The lowest BCUT2D eigenvalue weighted by Crippen LogP contribution is -2.42. The van der Waals surface area contributed by atoms with Crippen LogP contribution in [0.1, 0.15) is 25.7 Å². The van der Waals surface area contributed by atoms with Crippen molar-refractivity contribution in [3.05, 3.63) is 0 Å². The molecule has 2 aliphatic rings. The van der Waals surface area contributed by atoms with E-state index in [-0.39, 0.29) is 12.1 Å². The fraction of sp³-hybridized carbons (Fsp3) is 1.00. The highest BCUT2D eigenvalue weighted by molar-refractivity contribution is 4.93. The zero-order valence-electron chi connectivity index (χ0n) is 6.69. The smallest absolute Gasteiger partial charge is 0.311 e. The van der Waals surface area contributed by atoms with Gasteiger partial charge in [-0.05, 0) is 25.7 Å². The number of nitrogens with one attached hydrogen (secondary N) is 1. The molecule has 0 aliphatic carbocycles. The van der Waals surface area contributed by atoms with Gasteiger partial charge in [-0.2, -0.15) is 13.2 Å². The van der Waals surface area contributed by atoms with E-state index in [9.17, 15) is 13.2 Å². The van der Waals surface area contributed by atoms with Crippen LogP contribution in [0.5, 0.6) is 0 Å². The van der Waals surface area contributed by atoms with Gasteiger partial charge >= 0.3 is 6.18 Å². The van der Waals surface area contributed by atoms with E-state index in [0.717, 1.165) is 12.8 Å². The molecule has 2 heterocycles. The van der Waals surface area contributed by atoms with E-state index in [1.165, 1.54) is 0 Å². The first-order valence-corrected chi connectivity index (χ1v) is 4.38. The molecular weight excluding hydrogens is 167 g/mol. The molecule has 4 heteroatoms. The zero-order chi connectivity index (χ0) is 8.77. The van der Waals surface area contributed by atoms with Crippen LogP contribution in [0.15, 0.2) is 0 Å². The van der Waals surface area contributed by atoms with Gasteiger partial charge in [0.05, 0.1) is 5.92 Å². The molecule has 2 aliphatic heterocycles. The summed E-state index contributed by atoms with van der Waals surface area (Å²) in [4.78, 5) is 0. The Hall–Kier alpha value is -0.250. The third kappa shape index (κ3) is 1.44. The van der Waals surface area contributed by atoms with E-state index in [1.807, 2.05) is 0 Å². The highest BCUT2D eigenvalue weighted by atomic mass is 19.4. The number of hydrogen-bond donors (Lipinski definition) is 1. The number of alkyl halides is 3. The topological polar surface area (TPSA) is 12.0 Å². The van der Waals surface area contributed by atoms with Crippen LogP contribution in [0.4, 0.5) is 13.2 Å². The summed E-state index contributed by atoms with van der Waals surface area (Å²) in [6.45, 7) is 0. The van der Waals surface area contributed by atoms with Crippen molar-refractivity contribution >= 4 is 0 Å². The highest BCUT2D eigenvalue weighted by Gasteiger charge is 2.46. The van der Waals surface area contributed by atoms with Gasteiger partial charge in [-0.1, -0.05) is 0 Å². The molecule has 70 valence electrons. The molecule has 0 aromatic carbocycles. The molecule has 2 rings (SSSR count). The molecule has 2 bridgehead atoms. The number of piperidine rings is 1. The van der Waals surface area contributed by atoms with Crippen molar-refractivity contribution in [2.24, 2.45) is 5.92 Å². The maximum atomic E-state index is 12.3. The Morgan fingerprint density at radius 1 is 1.00 bits per heavy atom. The number of halogens is 3. The average molecular weight is 179 g/mol. The minimum absolute atomic E-state index is 0.135. The summed E-state index contributed by atoms with van der Waals surface area (Å²) in [7, 11) is 0. The SMILES string of the molecule is FC(F)(F)C1CC2CCC(C1)N2. The minimum Gasteiger partial charge on any atom is -0.311 e. The predicted octanol–water partition coefficient (Wildman–Crippen LogP) is 2.08. The minimum atomic E-state index is -3.97. The van der Waals surface area contributed by atoms with Gasteiger partial charge in [0, 0.05) is 12.1 Å². The van der Waals surface area contributed by atoms with Gasteiger partial charge in [-0.15, -0.1) is 0 Å². The number of rotatable bonds is 0. The summed E-state index contributed by atoms with van der Waals surface area (Å²) < 4.78 is 36.9. The molecule has 2 saturated heterocycles. The second-order valence-corrected chi connectivity index (χ2v) is 3.85. The van der Waals surface area contributed by atoms with Crippen LogP contribution in [-0.4, -0.2) is 18.3 Å². The average Bonchev–Trinajstić information content (AvgIpc) is 2.28. The van der Waals surface area contributed by atoms with Crippen LogP contribution < -0.4 is 5.32 Å². The first-order chi connectivity index (χ1) is 5.55. The summed E-state index contributed by atoms with van der Waals surface area (Å²) in [6.07, 6.45) is -1.53. The van der Waals surface area contributed by atoms with Crippen molar-refractivity contribution in [1.82, 2.24) is 5.32 Å². The molecule has 12 heavy (non-hydrogen) atoms. The third-order valence-electron chi connectivity index (χ3n) is 2.94. The molecule has 2 fully saturated rings. The molecule has 1 nitrogen and oxygen atoms in total. The summed E-state index contributed by atoms with van der Waals surface area (Å²) in [6, 6.07) is 0.269. The Balaban J connectivity index is 2.03. The summed E-state index contributed by atoms with van der Waals surface area (Å²) >= 11 is 0. The molecule has 2 atom stereocenters. The molecule has 0 aromatic rings. The predicted molar refractivity (Wildman–Crippen MR) is 38.7 cm³/mol. The lowest BCUT2D eigenvalue weighted by Gasteiger charge is -2.30. The fourth-order valence-corrected chi connectivity index (χ4v) is 2.32. The summed E-state index contributed by atoms with van der Waals surface area (Å²) in [5.74, 6) is -1.05. The van der Waals surface area contributed by atoms with E-state index in [1.54, 1.807) is 0 Å². The largest absolute Gasteiger partial charge is 0.391 e. The van der Waals surface area contributed by atoms with Gasteiger partial charge in [0.15, 0.2) is 0 Å². The van der Waals surface area contributed by atoms with Gasteiger partial charge in [0.25, 0.3) is 0 Å². The van der Waals surface area contributed by atoms with Gasteiger partial charge in [-0.25, -0.2) is 0 Å². The van der Waals surface area contributed by atoms with Crippen LogP contribution in [-0.2, 0) is 0 Å². The lowest BCUT2D eigenvalue weighted by molar-refractivity contribution is -0.183. The fourth-order valence-electron chi connectivity index (χ4n) is 2.32. The Labute approximate surface area is 69.3 Å². The second kappa shape index (κ2) is 2.62. The van der Waals surface area contributed by atoms with E-state index in [2.05, 4.69) is 5.32 Å². The molecule has 0 radical (unpaired) electrons. The number of hydrogen-bond acceptors (Lipinski definition) is 1. The van der Waals surface area contributed by atoms with Gasteiger partial charge in [0.1, 0.15) is 0 Å². The normalized spacial score (nSPS) is 41.8. The van der Waals surface area contributed by atoms with Gasteiger partial charge in [0.2, 0.25) is 0 Å². The molecule has 1 N–H and O–H groups in total. The van der Waals surface area contributed by atoms with Crippen LogP contribution in [0.25, 0.3) is 0 Å². The van der Waals surface area contributed by atoms with Crippen molar-refractivity contribution in [2.75, 3.05) is 0 Å². The quantitative estimate of drug-likeness (QED) is 0.600. The van der Waals surface area contributed by atoms with Crippen LogP contribution in [0, 0.1) is 5.92 Å². The van der Waals surface area contributed by atoms with E-state index in [4.69, 9.17) is 0 Å².